The van der Waals surface area contributed by atoms with E-state index in [-0.39, 0.29) is 0 Å². The second-order valence-corrected chi connectivity index (χ2v) is 4.83. The minimum Gasteiger partial charge on any atom is -0.324 e. The highest BCUT2D eigenvalue weighted by Gasteiger charge is 2.32. The molecule has 2 rings (SSSR count). The monoisotopic (exact) mass is 216 g/mol. The standard InChI is InChI=1S/C14H20N2/c1-10(2)15-12(5)16(11(3)4)14-9-7-6-8-13(14)15/h6-11H,5H2,1-4H3. The molecule has 0 fully saturated rings. The number of benzene rings is 1. The van der Waals surface area contributed by atoms with Gasteiger partial charge in [-0.15, -0.1) is 0 Å². The Kier molecular flexibility index (Phi) is 2.66. The van der Waals surface area contributed by atoms with E-state index in [0.29, 0.717) is 12.1 Å². The Hall–Kier alpha value is -1.44. The molecule has 2 heteroatoms. The van der Waals surface area contributed by atoms with Gasteiger partial charge in [-0.25, -0.2) is 0 Å². The molecule has 0 amide bonds. The van der Waals surface area contributed by atoms with Crippen molar-refractivity contribution in [1.82, 2.24) is 0 Å². The van der Waals surface area contributed by atoms with Gasteiger partial charge in [0.05, 0.1) is 11.4 Å². The Labute approximate surface area is 98.2 Å². The Morgan fingerprint density at radius 2 is 1.25 bits per heavy atom. The van der Waals surface area contributed by atoms with E-state index in [1.54, 1.807) is 0 Å². The minimum atomic E-state index is 0.442. The molecule has 0 unspecified atom stereocenters. The van der Waals surface area contributed by atoms with Gasteiger partial charge >= 0.3 is 0 Å². The largest absolute Gasteiger partial charge is 0.324 e. The van der Waals surface area contributed by atoms with Crippen LogP contribution in [0.15, 0.2) is 36.7 Å². The number of rotatable bonds is 2. The Bertz CT molecular complexity index is 370. The second-order valence-electron chi connectivity index (χ2n) is 4.83. The maximum absolute atomic E-state index is 4.23. The summed E-state index contributed by atoms with van der Waals surface area (Å²) in [6, 6.07) is 9.40. The van der Waals surface area contributed by atoms with Crippen LogP contribution in [0.3, 0.4) is 0 Å². The van der Waals surface area contributed by atoms with E-state index in [9.17, 15) is 0 Å². The fourth-order valence-corrected chi connectivity index (χ4v) is 2.42. The van der Waals surface area contributed by atoms with Crippen LogP contribution in [0.2, 0.25) is 0 Å². The minimum absolute atomic E-state index is 0.442. The van der Waals surface area contributed by atoms with Crippen LogP contribution < -0.4 is 9.80 Å². The van der Waals surface area contributed by atoms with Crippen LogP contribution in [-0.4, -0.2) is 12.1 Å². The molecule has 1 heterocycles. The maximum atomic E-state index is 4.23. The molecule has 1 aromatic carbocycles. The summed E-state index contributed by atoms with van der Waals surface area (Å²) in [5, 5.41) is 0. The molecule has 1 aliphatic rings. The van der Waals surface area contributed by atoms with Crippen molar-refractivity contribution in [2.24, 2.45) is 0 Å². The third-order valence-electron chi connectivity index (χ3n) is 2.99. The molecule has 0 radical (unpaired) electrons. The van der Waals surface area contributed by atoms with Crippen LogP contribution in [-0.2, 0) is 0 Å². The van der Waals surface area contributed by atoms with Crippen molar-refractivity contribution >= 4 is 11.4 Å². The lowest BCUT2D eigenvalue weighted by Gasteiger charge is -2.29. The van der Waals surface area contributed by atoms with Gasteiger partial charge in [-0.05, 0) is 39.8 Å². The van der Waals surface area contributed by atoms with E-state index in [1.165, 1.54) is 11.4 Å². The third-order valence-corrected chi connectivity index (χ3v) is 2.99. The predicted octanol–water partition coefficient (Wildman–Crippen LogP) is 3.60. The van der Waals surface area contributed by atoms with Gasteiger partial charge in [-0.2, -0.15) is 0 Å². The van der Waals surface area contributed by atoms with E-state index in [4.69, 9.17) is 0 Å². The molecule has 0 N–H and O–H groups in total. The molecule has 1 aliphatic heterocycles. The Balaban J connectivity index is 2.53. The smallest absolute Gasteiger partial charge is 0.106 e. The summed E-state index contributed by atoms with van der Waals surface area (Å²) in [7, 11) is 0. The summed E-state index contributed by atoms with van der Waals surface area (Å²) in [5.41, 5.74) is 2.55. The van der Waals surface area contributed by atoms with Crippen molar-refractivity contribution in [2.45, 2.75) is 39.8 Å². The zero-order valence-corrected chi connectivity index (χ0v) is 10.6. The zero-order chi connectivity index (χ0) is 11.9. The number of hydrogen-bond acceptors (Lipinski definition) is 2. The van der Waals surface area contributed by atoms with Crippen molar-refractivity contribution < 1.29 is 0 Å². The summed E-state index contributed by atoms with van der Waals surface area (Å²) >= 11 is 0. The van der Waals surface area contributed by atoms with Gasteiger partial charge in [0.25, 0.3) is 0 Å². The van der Waals surface area contributed by atoms with E-state index in [1.807, 2.05) is 0 Å². The van der Waals surface area contributed by atoms with Crippen molar-refractivity contribution in [3.05, 3.63) is 36.7 Å². The van der Waals surface area contributed by atoms with Crippen molar-refractivity contribution in [3.63, 3.8) is 0 Å². The van der Waals surface area contributed by atoms with Gasteiger partial charge in [-0.1, -0.05) is 18.7 Å². The number of anilines is 2. The average molecular weight is 216 g/mol. The van der Waals surface area contributed by atoms with Crippen molar-refractivity contribution in [1.29, 1.82) is 0 Å². The zero-order valence-electron chi connectivity index (χ0n) is 10.6. The number of hydrogen-bond donors (Lipinski definition) is 0. The molecule has 0 saturated heterocycles. The molecule has 0 atom stereocenters. The maximum Gasteiger partial charge on any atom is 0.106 e. The van der Waals surface area contributed by atoms with E-state index < -0.39 is 0 Å². The summed E-state index contributed by atoms with van der Waals surface area (Å²) in [4.78, 5) is 4.60. The summed E-state index contributed by atoms with van der Waals surface area (Å²) in [6.45, 7) is 13.0. The van der Waals surface area contributed by atoms with E-state index in [0.717, 1.165) is 5.82 Å². The van der Waals surface area contributed by atoms with Crippen LogP contribution in [0.1, 0.15) is 27.7 Å². The molecular weight excluding hydrogens is 196 g/mol. The summed E-state index contributed by atoms with van der Waals surface area (Å²) < 4.78 is 0. The van der Waals surface area contributed by atoms with E-state index in [2.05, 4.69) is 68.3 Å². The number of fused-ring (bicyclic) bond motifs is 1. The molecule has 0 saturated carbocycles. The molecule has 0 spiro atoms. The first-order valence-electron chi connectivity index (χ1n) is 5.90. The first kappa shape index (κ1) is 11.1. The summed E-state index contributed by atoms with van der Waals surface area (Å²) in [5.74, 6) is 1.09. The average Bonchev–Trinajstić information content (AvgIpc) is 2.49. The lowest BCUT2D eigenvalue weighted by molar-refractivity contribution is 0.707. The highest BCUT2D eigenvalue weighted by molar-refractivity contribution is 5.82. The molecule has 0 aromatic heterocycles. The van der Waals surface area contributed by atoms with Crippen LogP contribution in [0, 0.1) is 0 Å². The molecular formula is C14H20N2. The van der Waals surface area contributed by atoms with Gasteiger partial charge in [-0.3, -0.25) is 0 Å². The lowest BCUT2D eigenvalue weighted by atomic mass is 10.2. The SMILES string of the molecule is C=C1N(C(C)C)c2ccccc2N1C(C)C. The fourth-order valence-electron chi connectivity index (χ4n) is 2.42. The normalized spacial score (nSPS) is 15.2. The van der Waals surface area contributed by atoms with Crippen molar-refractivity contribution in [2.75, 3.05) is 9.80 Å². The van der Waals surface area contributed by atoms with Crippen LogP contribution >= 0.6 is 0 Å². The van der Waals surface area contributed by atoms with Gasteiger partial charge in [0.2, 0.25) is 0 Å². The molecule has 1 aromatic rings. The first-order valence-corrected chi connectivity index (χ1v) is 5.90. The first-order chi connectivity index (χ1) is 7.54. The van der Waals surface area contributed by atoms with Gasteiger partial charge < -0.3 is 9.80 Å². The third kappa shape index (κ3) is 1.49. The number of para-hydroxylation sites is 2. The topological polar surface area (TPSA) is 6.48 Å². The Morgan fingerprint density at radius 1 is 0.875 bits per heavy atom. The van der Waals surface area contributed by atoms with E-state index >= 15 is 0 Å². The number of nitrogens with zero attached hydrogens (tertiary/aromatic N) is 2. The lowest BCUT2D eigenvalue weighted by Crippen LogP contribution is -2.35. The highest BCUT2D eigenvalue weighted by atomic mass is 15.4. The molecule has 0 bridgehead atoms. The summed E-state index contributed by atoms with van der Waals surface area (Å²) in [6.07, 6.45) is 0. The van der Waals surface area contributed by atoms with Crippen molar-refractivity contribution in [3.8, 4) is 0 Å². The second kappa shape index (κ2) is 3.85. The van der Waals surface area contributed by atoms with Crippen LogP contribution in [0.4, 0.5) is 11.4 Å². The molecule has 2 nitrogen and oxygen atoms in total. The molecule has 16 heavy (non-hydrogen) atoms. The fraction of sp³-hybridized carbons (Fsp3) is 0.429. The highest BCUT2D eigenvalue weighted by Crippen LogP contribution is 2.42. The Morgan fingerprint density at radius 3 is 1.56 bits per heavy atom. The molecule has 0 aliphatic carbocycles. The molecule has 86 valence electrons. The van der Waals surface area contributed by atoms with Gasteiger partial charge in [0.1, 0.15) is 5.82 Å². The van der Waals surface area contributed by atoms with Gasteiger partial charge in [0, 0.05) is 12.1 Å². The van der Waals surface area contributed by atoms with Crippen LogP contribution in [0.25, 0.3) is 0 Å². The quantitative estimate of drug-likeness (QED) is 0.745. The predicted molar refractivity (Wildman–Crippen MR) is 70.8 cm³/mol. The van der Waals surface area contributed by atoms with Crippen LogP contribution in [0.5, 0.6) is 0 Å². The van der Waals surface area contributed by atoms with Gasteiger partial charge in [0.15, 0.2) is 0 Å².